The van der Waals surface area contributed by atoms with E-state index in [0.29, 0.717) is 6.61 Å². The van der Waals surface area contributed by atoms with Crippen LogP contribution in [0.15, 0.2) is 61.2 Å². The van der Waals surface area contributed by atoms with Gasteiger partial charge in [-0.2, -0.15) is 0 Å². The molecule has 2 aromatic carbocycles. The highest BCUT2D eigenvalue weighted by Crippen LogP contribution is 2.27. The number of anilines is 1. The van der Waals surface area contributed by atoms with E-state index in [0.717, 1.165) is 28.0 Å². The van der Waals surface area contributed by atoms with E-state index in [2.05, 4.69) is 47.2 Å². The fraction of sp³-hybridized carbons (Fsp3) is 0.111. The van der Waals surface area contributed by atoms with Crippen LogP contribution in [0.3, 0.4) is 0 Å². The maximum Gasteiger partial charge on any atom is 0.120 e. The van der Waals surface area contributed by atoms with Crippen LogP contribution in [-0.2, 0) is 0 Å². The van der Waals surface area contributed by atoms with Crippen LogP contribution < -0.4 is 10.1 Å². The third-order valence-corrected chi connectivity index (χ3v) is 3.44. The molecule has 0 fully saturated rings. The predicted molar refractivity (Wildman–Crippen MR) is 89.0 cm³/mol. The molecule has 3 aromatic rings. The molecule has 0 aliphatic rings. The zero-order valence-electron chi connectivity index (χ0n) is 12.0. The number of nitrogens with one attached hydrogen (secondary N) is 2. The summed E-state index contributed by atoms with van der Waals surface area (Å²) in [6, 6.07) is 16.5. The van der Waals surface area contributed by atoms with Gasteiger partial charge in [-0.15, -0.1) is 0 Å². The zero-order chi connectivity index (χ0) is 14.7. The molecule has 0 aliphatic heterocycles. The molecule has 3 rings (SSSR count). The van der Waals surface area contributed by atoms with Crippen molar-refractivity contribution in [3.8, 4) is 17.0 Å². The molecule has 0 radical (unpaired) electrons. The van der Waals surface area contributed by atoms with Crippen LogP contribution in [0.25, 0.3) is 22.2 Å². The molecular weight excluding hydrogens is 260 g/mol. The Labute approximate surface area is 124 Å². The largest absolute Gasteiger partial charge is 0.490 e. The van der Waals surface area contributed by atoms with Crippen LogP contribution in [0, 0.1) is 0 Å². The molecule has 3 heteroatoms. The van der Waals surface area contributed by atoms with Crippen LogP contribution in [0.4, 0.5) is 5.69 Å². The van der Waals surface area contributed by atoms with Crippen molar-refractivity contribution < 1.29 is 4.74 Å². The van der Waals surface area contributed by atoms with Crippen molar-refractivity contribution >= 4 is 16.6 Å². The Morgan fingerprint density at radius 3 is 2.67 bits per heavy atom. The number of aromatic amines is 1. The first-order valence-corrected chi connectivity index (χ1v) is 6.95. The first-order valence-electron chi connectivity index (χ1n) is 6.95. The van der Waals surface area contributed by atoms with Gasteiger partial charge in [-0.05, 0) is 42.0 Å². The third-order valence-electron chi connectivity index (χ3n) is 3.44. The molecule has 0 aliphatic carbocycles. The topological polar surface area (TPSA) is 37.0 Å². The maximum absolute atomic E-state index is 5.57. The SMILES string of the molecule is C=CCOc1ccc2[nH]c(-c3ccc(NC)cc3)cc2c1. The fourth-order valence-corrected chi connectivity index (χ4v) is 2.33. The van der Waals surface area contributed by atoms with Crippen molar-refractivity contribution in [2.45, 2.75) is 0 Å². The van der Waals surface area contributed by atoms with Gasteiger partial charge in [-0.1, -0.05) is 24.8 Å². The van der Waals surface area contributed by atoms with Gasteiger partial charge >= 0.3 is 0 Å². The van der Waals surface area contributed by atoms with E-state index in [9.17, 15) is 0 Å². The van der Waals surface area contributed by atoms with Gasteiger partial charge in [0.15, 0.2) is 0 Å². The molecule has 0 atom stereocenters. The highest BCUT2D eigenvalue weighted by molar-refractivity contribution is 5.87. The molecule has 0 saturated heterocycles. The van der Waals surface area contributed by atoms with E-state index in [1.807, 2.05) is 25.2 Å². The van der Waals surface area contributed by atoms with E-state index in [1.54, 1.807) is 6.08 Å². The van der Waals surface area contributed by atoms with Gasteiger partial charge in [0, 0.05) is 29.3 Å². The van der Waals surface area contributed by atoms with E-state index in [4.69, 9.17) is 4.74 Å². The van der Waals surface area contributed by atoms with Crippen LogP contribution in [-0.4, -0.2) is 18.6 Å². The minimum absolute atomic E-state index is 0.522. The first-order chi connectivity index (χ1) is 10.3. The number of hydrogen-bond acceptors (Lipinski definition) is 2. The highest BCUT2D eigenvalue weighted by Gasteiger charge is 2.04. The number of ether oxygens (including phenoxy) is 1. The smallest absolute Gasteiger partial charge is 0.120 e. The summed E-state index contributed by atoms with van der Waals surface area (Å²) in [5, 5.41) is 4.27. The molecule has 0 saturated carbocycles. The Kier molecular flexibility index (Phi) is 3.65. The summed E-state index contributed by atoms with van der Waals surface area (Å²) in [5.74, 6) is 0.860. The predicted octanol–water partition coefficient (Wildman–Crippen LogP) is 4.44. The molecule has 0 amide bonds. The van der Waals surface area contributed by atoms with Crippen molar-refractivity contribution in [2.75, 3.05) is 19.0 Å². The van der Waals surface area contributed by atoms with Gasteiger partial charge in [-0.3, -0.25) is 0 Å². The summed E-state index contributed by atoms with van der Waals surface area (Å²) in [5.41, 5.74) is 4.48. The summed E-state index contributed by atoms with van der Waals surface area (Å²) in [4.78, 5) is 3.44. The number of aromatic nitrogens is 1. The van der Waals surface area contributed by atoms with Gasteiger partial charge in [0.2, 0.25) is 0 Å². The van der Waals surface area contributed by atoms with Crippen molar-refractivity contribution in [1.82, 2.24) is 4.98 Å². The van der Waals surface area contributed by atoms with Crippen LogP contribution in [0.5, 0.6) is 5.75 Å². The molecule has 0 unspecified atom stereocenters. The molecule has 1 heterocycles. The molecule has 0 spiro atoms. The molecule has 106 valence electrons. The molecule has 2 N–H and O–H groups in total. The molecule has 0 bridgehead atoms. The van der Waals surface area contributed by atoms with Crippen molar-refractivity contribution in [3.05, 3.63) is 61.2 Å². The lowest BCUT2D eigenvalue weighted by molar-refractivity contribution is 0.364. The minimum Gasteiger partial charge on any atom is -0.490 e. The molecule has 1 aromatic heterocycles. The Bertz CT molecular complexity index is 756. The van der Waals surface area contributed by atoms with E-state index >= 15 is 0 Å². The van der Waals surface area contributed by atoms with Crippen LogP contribution >= 0.6 is 0 Å². The number of benzene rings is 2. The van der Waals surface area contributed by atoms with Crippen molar-refractivity contribution in [2.24, 2.45) is 0 Å². The quantitative estimate of drug-likeness (QED) is 0.677. The lowest BCUT2D eigenvalue weighted by atomic mass is 10.1. The number of rotatable bonds is 5. The Morgan fingerprint density at radius 2 is 1.95 bits per heavy atom. The summed E-state index contributed by atoms with van der Waals surface area (Å²) in [7, 11) is 1.92. The van der Waals surface area contributed by atoms with Crippen LogP contribution in [0.1, 0.15) is 0 Å². The minimum atomic E-state index is 0.522. The molecule has 3 nitrogen and oxygen atoms in total. The van der Waals surface area contributed by atoms with Crippen LogP contribution in [0.2, 0.25) is 0 Å². The summed E-state index contributed by atoms with van der Waals surface area (Å²) in [6.07, 6.45) is 1.75. The highest BCUT2D eigenvalue weighted by atomic mass is 16.5. The van der Waals surface area contributed by atoms with Gasteiger partial charge in [-0.25, -0.2) is 0 Å². The second kappa shape index (κ2) is 5.75. The maximum atomic E-state index is 5.57. The second-order valence-corrected chi connectivity index (χ2v) is 4.86. The van der Waals surface area contributed by atoms with E-state index in [1.165, 1.54) is 5.56 Å². The Morgan fingerprint density at radius 1 is 1.14 bits per heavy atom. The third kappa shape index (κ3) is 2.77. The van der Waals surface area contributed by atoms with Gasteiger partial charge in [0.1, 0.15) is 12.4 Å². The lowest BCUT2D eigenvalue weighted by Crippen LogP contribution is -1.91. The van der Waals surface area contributed by atoms with Gasteiger partial charge in [0.25, 0.3) is 0 Å². The Hall–Kier alpha value is -2.68. The van der Waals surface area contributed by atoms with Crippen molar-refractivity contribution in [3.63, 3.8) is 0 Å². The average Bonchev–Trinajstić information content (AvgIpc) is 2.96. The fourth-order valence-electron chi connectivity index (χ4n) is 2.33. The number of H-pyrrole nitrogens is 1. The summed E-state index contributed by atoms with van der Waals surface area (Å²) >= 11 is 0. The summed E-state index contributed by atoms with van der Waals surface area (Å²) < 4.78 is 5.57. The average molecular weight is 278 g/mol. The van der Waals surface area contributed by atoms with Crippen molar-refractivity contribution in [1.29, 1.82) is 0 Å². The van der Waals surface area contributed by atoms with E-state index in [-0.39, 0.29) is 0 Å². The van der Waals surface area contributed by atoms with E-state index < -0.39 is 0 Å². The second-order valence-electron chi connectivity index (χ2n) is 4.86. The monoisotopic (exact) mass is 278 g/mol. The standard InChI is InChI=1S/C18H18N2O/c1-3-10-21-16-8-9-17-14(11-16)12-18(20-17)13-4-6-15(19-2)7-5-13/h3-9,11-12,19-20H,1,10H2,2H3. The number of fused-ring (bicyclic) bond motifs is 1. The summed E-state index contributed by atoms with van der Waals surface area (Å²) in [6.45, 7) is 4.18. The normalized spacial score (nSPS) is 10.5. The Balaban J connectivity index is 1.93. The van der Waals surface area contributed by atoms with Gasteiger partial charge in [0.05, 0.1) is 0 Å². The van der Waals surface area contributed by atoms with Gasteiger partial charge < -0.3 is 15.0 Å². The zero-order valence-corrected chi connectivity index (χ0v) is 12.0. The molecule has 21 heavy (non-hydrogen) atoms. The first kappa shape index (κ1) is 13.3. The lowest BCUT2D eigenvalue weighted by Gasteiger charge is -2.02. The molecular formula is C18H18N2O. The number of hydrogen-bond donors (Lipinski definition) is 2.